The monoisotopic (exact) mass is 614 g/mol. The maximum absolute atomic E-state index is 13.7. The molecule has 2 aromatic rings. The summed E-state index contributed by atoms with van der Waals surface area (Å²) in [6, 6.07) is 8.76. The molecular formula is C34H42N6O5. The molecule has 6 atom stereocenters. The zero-order valence-corrected chi connectivity index (χ0v) is 25.8. The van der Waals surface area contributed by atoms with E-state index >= 15 is 0 Å². The Morgan fingerprint density at radius 1 is 1.04 bits per heavy atom. The number of hydrogen-bond acceptors (Lipinski definition) is 8. The number of nitrogens with zero attached hydrogens (tertiary/aromatic N) is 4. The smallest absolute Gasteiger partial charge is 0.245 e. The maximum Gasteiger partial charge on any atom is 0.245 e. The van der Waals surface area contributed by atoms with E-state index in [9.17, 15) is 19.2 Å². The lowest BCUT2D eigenvalue weighted by Gasteiger charge is -2.43. The molecular weight excluding hydrogens is 572 g/mol. The number of hydrogen-bond donors (Lipinski definition) is 2. The summed E-state index contributed by atoms with van der Waals surface area (Å²) < 4.78 is 6.01. The Morgan fingerprint density at radius 2 is 1.82 bits per heavy atom. The average molecular weight is 615 g/mol. The fraction of sp³-hybridized carbons (Fsp3) is 0.559. The Balaban J connectivity index is 0.922. The lowest BCUT2D eigenvalue weighted by atomic mass is 9.90. The number of amides is 4. The minimum absolute atomic E-state index is 0.0399. The number of nitrogens with one attached hydrogen (secondary N) is 1. The molecule has 3 N–H and O–H groups in total. The molecule has 1 saturated carbocycles. The first-order valence-corrected chi connectivity index (χ1v) is 16.3. The summed E-state index contributed by atoms with van der Waals surface area (Å²) in [5, 5.41) is 2.41. The number of nitrogens with two attached hydrogens (primary N) is 1. The summed E-state index contributed by atoms with van der Waals surface area (Å²) in [4.78, 5) is 60.8. The predicted octanol–water partition coefficient (Wildman–Crippen LogP) is 2.16. The number of fused-ring (bicyclic) bond motifs is 2. The van der Waals surface area contributed by atoms with Gasteiger partial charge in [-0.05, 0) is 74.1 Å². The molecule has 0 spiro atoms. The first-order chi connectivity index (χ1) is 21.8. The molecule has 5 heterocycles. The molecule has 11 heteroatoms. The first-order valence-electron chi connectivity index (χ1n) is 16.3. The molecule has 5 fully saturated rings. The topological polar surface area (TPSA) is 138 Å². The highest BCUT2D eigenvalue weighted by atomic mass is 16.5. The van der Waals surface area contributed by atoms with Crippen LogP contribution in [0.4, 0.5) is 5.69 Å². The number of rotatable bonds is 8. The average Bonchev–Trinajstić information content (AvgIpc) is 3.58. The van der Waals surface area contributed by atoms with Crippen LogP contribution in [0.5, 0.6) is 5.75 Å². The van der Waals surface area contributed by atoms with Crippen LogP contribution in [0.3, 0.4) is 0 Å². The fourth-order valence-corrected chi connectivity index (χ4v) is 7.90. The van der Waals surface area contributed by atoms with Crippen molar-refractivity contribution >= 4 is 29.3 Å². The van der Waals surface area contributed by atoms with Gasteiger partial charge in [0.2, 0.25) is 23.6 Å². The van der Waals surface area contributed by atoms with Gasteiger partial charge in [-0.25, -0.2) is 0 Å². The number of benzene rings is 1. The normalized spacial score (nSPS) is 29.6. The Bertz CT molecular complexity index is 1480. The van der Waals surface area contributed by atoms with Crippen LogP contribution < -0.4 is 20.7 Å². The number of imide groups is 1. The Hall–Kier alpha value is -3.99. The van der Waals surface area contributed by atoms with Gasteiger partial charge in [-0.1, -0.05) is 12.1 Å². The Kier molecular flexibility index (Phi) is 7.97. The fourth-order valence-electron chi connectivity index (χ4n) is 7.90. The van der Waals surface area contributed by atoms with E-state index in [-0.39, 0.29) is 41.5 Å². The molecule has 11 nitrogen and oxygen atoms in total. The standard InChI is InChI=1S/C34H42N6O5/c1-38(12-13-45-25-5-2-20(3-6-25)26-7-9-31(41)37-32(26)42)29-10-11-36-17-27(29)23-18-39(19-23)34(44)30-8-4-24-15-21-14-22(21)16-28(35)33(43)40(24)30/h2-3,5-6,10-11,17,21-24,26,28,30H,4,7-9,12-16,18-19,35H2,1H3,(H,37,41,42)/t21-,22+,24-,26?,28+,30+/m1/s1. The SMILES string of the molecule is CN(CCOc1ccc(C2CCC(=O)NC2=O)cc1)c1ccncc1C1CN(C(=O)[C@@H]2CC[C@@H]3C[C@H]4C[C@H]4C[C@H](N)C(=O)N32)C1. The van der Waals surface area contributed by atoms with Gasteiger partial charge in [0, 0.05) is 62.2 Å². The van der Waals surface area contributed by atoms with E-state index in [1.807, 2.05) is 53.4 Å². The van der Waals surface area contributed by atoms with Crippen LogP contribution in [-0.2, 0) is 19.2 Å². The second-order valence-corrected chi connectivity index (χ2v) is 13.5. The minimum Gasteiger partial charge on any atom is -0.492 e. The van der Waals surface area contributed by atoms with Gasteiger partial charge in [0.05, 0.1) is 18.5 Å². The molecule has 4 saturated heterocycles. The van der Waals surface area contributed by atoms with E-state index in [1.165, 1.54) is 6.42 Å². The molecule has 4 amide bonds. The summed E-state index contributed by atoms with van der Waals surface area (Å²) in [6.45, 7) is 2.33. The second-order valence-electron chi connectivity index (χ2n) is 13.5. The predicted molar refractivity (Wildman–Crippen MR) is 166 cm³/mol. The maximum atomic E-state index is 13.7. The Morgan fingerprint density at radius 3 is 2.60 bits per heavy atom. The number of ether oxygens (including phenoxy) is 1. The highest BCUT2D eigenvalue weighted by Gasteiger charge is 2.51. The van der Waals surface area contributed by atoms with E-state index in [4.69, 9.17) is 10.5 Å². The van der Waals surface area contributed by atoms with Crippen LogP contribution in [0.2, 0.25) is 0 Å². The van der Waals surface area contributed by atoms with Crippen LogP contribution in [0, 0.1) is 11.8 Å². The number of anilines is 1. The highest BCUT2D eigenvalue weighted by molar-refractivity contribution is 6.01. The molecule has 7 rings (SSSR count). The van der Waals surface area contributed by atoms with Crippen molar-refractivity contribution in [3.8, 4) is 5.75 Å². The van der Waals surface area contributed by atoms with Crippen LogP contribution >= 0.6 is 0 Å². The third kappa shape index (κ3) is 5.90. The van der Waals surface area contributed by atoms with E-state index in [0.717, 1.165) is 42.5 Å². The number of carbonyl (C=O) groups is 4. The van der Waals surface area contributed by atoms with Crippen molar-refractivity contribution in [2.24, 2.45) is 17.6 Å². The zero-order chi connectivity index (χ0) is 31.2. The zero-order valence-electron chi connectivity index (χ0n) is 25.8. The van der Waals surface area contributed by atoms with E-state index in [1.54, 1.807) is 6.20 Å². The lowest BCUT2D eigenvalue weighted by molar-refractivity contribution is -0.149. The van der Waals surface area contributed by atoms with Crippen molar-refractivity contribution in [1.29, 1.82) is 0 Å². The summed E-state index contributed by atoms with van der Waals surface area (Å²) in [7, 11) is 2.02. The van der Waals surface area contributed by atoms with Crippen LogP contribution in [0.1, 0.15) is 67.9 Å². The molecule has 1 aromatic carbocycles. The quantitative estimate of drug-likeness (QED) is 0.432. The first kappa shape index (κ1) is 29.7. The van der Waals surface area contributed by atoms with E-state index < -0.39 is 12.1 Å². The van der Waals surface area contributed by atoms with E-state index in [2.05, 4.69) is 15.2 Å². The third-order valence-corrected chi connectivity index (χ3v) is 10.6. The molecule has 1 aromatic heterocycles. The second kappa shape index (κ2) is 12.1. The van der Waals surface area contributed by atoms with Crippen LogP contribution in [-0.4, -0.2) is 89.8 Å². The van der Waals surface area contributed by atoms with Gasteiger partial charge in [-0.15, -0.1) is 0 Å². The van der Waals surface area contributed by atoms with Crippen LogP contribution in [0.15, 0.2) is 42.7 Å². The van der Waals surface area contributed by atoms with Gasteiger partial charge in [0.15, 0.2) is 0 Å². The van der Waals surface area contributed by atoms with Gasteiger partial charge in [0.25, 0.3) is 0 Å². The van der Waals surface area contributed by atoms with Gasteiger partial charge in [-0.3, -0.25) is 29.5 Å². The highest BCUT2D eigenvalue weighted by Crippen LogP contribution is 2.49. The Labute approximate surface area is 263 Å². The van der Waals surface area contributed by atoms with Crippen molar-refractivity contribution in [2.75, 3.05) is 38.2 Å². The van der Waals surface area contributed by atoms with Crippen molar-refractivity contribution in [1.82, 2.24) is 20.1 Å². The van der Waals surface area contributed by atoms with E-state index in [0.29, 0.717) is 56.7 Å². The summed E-state index contributed by atoms with van der Waals surface area (Å²) in [5.41, 5.74) is 9.34. The molecule has 1 unspecified atom stereocenters. The van der Waals surface area contributed by atoms with Crippen LogP contribution in [0.25, 0.3) is 0 Å². The summed E-state index contributed by atoms with van der Waals surface area (Å²) in [5.74, 6) is 1.38. The molecule has 5 aliphatic rings. The molecule has 0 bridgehead atoms. The van der Waals surface area contributed by atoms with Crippen molar-refractivity contribution in [3.05, 3.63) is 53.9 Å². The van der Waals surface area contributed by atoms with Crippen molar-refractivity contribution in [3.63, 3.8) is 0 Å². The number of piperidine rings is 1. The number of likely N-dealkylation sites (N-methyl/N-ethyl adjacent to an activating group) is 1. The number of carbonyl (C=O) groups excluding carboxylic acids is 4. The van der Waals surface area contributed by atoms with Gasteiger partial charge in [0.1, 0.15) is 18.4 Å². The van der Waals surface area contributed by atoms with Gasteiger partial charge in [-0.2, -0.15) is 0 Å². The summed E-state index contributed by atoms with van der Waals surface area (Å²) >= 11 is 0. The molecule has 1 aliphatic carbocycles. The molecule has 4 aliphatic heterocycles. The van der Waals surface area contributed by atoms with Crippen molar-refractivity contribution < 1.29 is 23.9 Å². The molecule has 0 radical (unpaired) electrons. The number of pyridine rings is 1. The third-order valence-electron chi connectivity index (χ3n) is 10.6. The van der Waals surface area contributed by atoms with Crippen molar-refractivity contribution in [2.45, 2.75) is 74.9 Å². The summed E-state index contributed by atoms with van der Waals surface area (Å²) in [6.07, 6.45) is 9.09. The number of likely N-dealkylation sites (tertiary alicyclic amines) is 1. The number of aromatic nitrogens is 1. The molecule has 45 heavy (non-hydrogen) atoms. The molecule has 238 valence electrons. The lowest BCUT2D eigenvalue weighted by Crippen LogP contribution is -2.59. The van der Waals surface area contributed by atoms with Gasteiger partial charge >= 0.3 is 0 Å². The van der Waals surface area contributed by atoms with Gasteiger partial charge < -0.3 is 25.2 Å². The minimum atomic E-state index is -0.491. The largest absolute Gasteiger partial charge is 0.492 e.